The summed E-state index contributed by atoms with van der Waals surface area (Å²) in [6.07, 6.45) is 1.94. The number of halogens is 1. The first-order chi connectivity index (χ1) is 5.25. The van der Waals surface area contributed by atoms with Crippen molar-refractivity contribution in [2.75, 3.05) is 0 Å². The van der Waals surface area contributed by atoms with Crippen LogP contribution in [0.25, 0.3) is 5.52 Å². The standard InChI is InChI=1S/C8H7BrN2/c1-6-4-8-5-7(9)2-3-11(8)10-6/h2-5H,1H3. The average molecular weight is 211 g/mol. The van der Waals surface area contributed by atoms with E-state index in [1.54, 1.807) is 0 Å². The third-order valence-corrected chi connectivity index (χ3v) is 2.04. The zero-order valence-electron chi connectivity index (χ0n) is 6.08. The summed E-state index contributed by atoms with van der Waals surface area (Å²) < 4.78 is 2.95. The number of hydrogen-bond donors (Lipinski definition) is 0. The van der Waals surface area contributed by atoms with E-state index in [2.05, 4.69) is 21.0 Å². The molecule has 0 aliphatic rings. The van der Waals surface area contributed by atoms with Crippen LogP contribution < -0.4 is 0 Å². The van der Waals surface area contributed by atoms with Gasteiger partial charge in [-0.3, -0.25) is 0 Å². The Morgan fingerprint density at radius 3 is 3.09 bits per heavy atom. The predicted octanol–water partition coefficient (Wildman–Crippen LogP) is 2.41. The Hall–Kier alpha value is -0.830. The fourth-order valence-electron chi connectivity index (χ4n) is 1.10. The van der Waals surface area contributed by atoms with Gasteiger partial charge in [0.2, 0.25) is 0 Å². The lowest BCUT2D eigenvalue weighted by atomic mass is 10.4. The van der Waals surface area contributed by atoms with E-state index in [4.69, 9.17) is 0 Å². The lowest BCUT2D eigenvalue weighted by Gasteiger charge is -1.91. The Balaban J connectivity index is 2.82. The van der Waals surface area contributed by atoms with Gasteiger partial charge in [-0.2, -0.15) is 5.10 Å². The van der Waals surface area contributed by atoms with E-state index in [1.807, 2.05) is 35.8 Å². The van der Waals surface area contributed by atoms with E-state index in [0.717, 1.165) is 15.7 Å². The smallest absolute Gasteiger partial charge is 0.0675 e. The molecule has 2 nitrogen and oxygen atoms in total. The van der Waals surface area contributed by atoms with Crippen LogP contribution in [0.5, 0.6) is 0 Å². The van der Waals surface area contributed by atoms with Crippen LogP contribution in [0.3, 0.4) is 0 Å². The molecule has 0 fully saturated rings. The lowest BCUT2D eigenvalue weighted by molar-refractivity contribution is 0.933. The number of pyridine rings is 1. The van der Waals surface area contributed by atoms with E-state index < -0.39 is 0 Å². The van der Waals surface area contributed by atoms with Gasteiger partial charge in [0.15, 0.2) is 0 Å². The van der Waals surface area contributed by atoms with E-state index in [9.17, 15) is 0 Å². The number of aromatic nitrogens is 2. The van der Waals surface area contributed by atoms with Crippen molar-refractivity contribution in [2.45, 2.75) is 6.92 Å². The van der Waals surface area contributed by atoms with Crippen molar-refractivity contribution in [3.63, 3.8) is 0 Å². The molecule has 2 aromatic heterocycles. The monoisotopic (exact) mass is 210 g/mol. The molecule has 0 spiro atoms. The summed E-state index contributed by atoms with van der Waals surface area (Å²) in [6.45, 7) is 1.99. The van der Waals surface area contributed by atoms with E-state index in [-0.39, 0.29) is 0 Å². The van der Waals surface area contributed by atoms with Gasteiger partial charge in [-0.1, -0.05) is 15.9 Å². The van der Waals surface area contributed by atoms with Crippen LogP contribution in [0.1, 0.15) is 5.69 Å². The fourth-order valence-corrected chi connectivity index (χ4v) is 1.45. The second-order valence-corrected chi connectivity index (χ2v) is 3.42. The third-order valence-electron chi connectivity index (χ3n) is 1.55. The van der Waals surface area contributed by atoms with Crippen molar-refractivity contribution < 1.29 is 0 Å². The van der Waals surface area contributed by atoms with Crippen molar-refractivity contribution in [3.8, 4) is 0 Å². The zero-order valence-corrected chi connectivity index (χ0v) is 7.67. The number of fused-ring (bicyclic) bond motifs is 1. The summed E-state index contributed by atoms with van der Waals surface area (Å²) >= 11 is 3.40. The molecule has 0 saturated heterocycles. The van der Waals surface area contributed by atoms with Gasteiger partial charge in [0.1, 0.15) is 0 Å². The molecular formula is C8H7BrN2. The van der Waals surface area contributed by atoms with Crippen molar-refractivity contribution in [2.24, 2.45) is 0 Å². The summed E-state index contributed by atoms with van der Waals surface area (Å²) in [4.78, 5) is 0. The highest BCUT2D eigenvalue weighted by molar-refractivity contribution is 9.10. The maximum Gasteiger partial charge on any atom is 0.0675 e. The molecule has 3 heteroatoms. The maximum atomic E-state index is 4.25. The molecule has 0 bridgehead atoms. The molecule has 0 N–H and O–H groups in total. The van der Waals surface area contributed by atoms with Crippen LogP contribution in [-0.2, 0) is 0 Å². The molecule has 0 radical (unpaired) electrons. The second-order valence-electron chi connectivity index (χ2n) is 2.50. The molecule has 0 atom stereocenters. The summed E-state index contributed by atoms with van der Waals surface area (Å²) in [5.74, 6) is 0. The Morgan fingerprint density at radius 2 is 2.27 bits per heavy atom. The van der Waals surface area contributed by atoms with Crippen LogP contribution in [0.2, 0.25) is 0 Å². The highest BCUT2D eigenvalue weighted by atomic mass is 79.9. The molecule has 2 rings (SSSR count). The number of rotatable bonds is 0. The second kappa shape index (κ2) is 2.34. The minimum Gasteiger partial charge on any atom is -0.241 e. The molecule has 11 heavy (non-hydrogen) atoms. The van der Waals surface area contributed by atoms with Gasteiger partial charge >= 0.3 is 0 Å². The molecule has 0 unspecified atom stereocenters. The van der Waals surface area contributed by atoms with Crippen molar-refractivity contribution in [1.29, 1.82) is 0 Å². The molecule has 0 amide bonds. The third kappa shape index (κ3) is 1.16. The molecule has 0 saturated carbocycles. The maximum absolute atomic E-state index is 4.25. The van der Waals surface area contributed by atoms with Gasteiger partial charge in [0.05, 0.1) is 11.2 Å². The topological polar surface area (TPSA) is 17.3 Å². The van der Waals surface area contributed by atoms with Gasteiger partial charge in [-0.15, -0.1) is 0 Å². The Bertz CT molecular complexity index is 392. The van der Waals surface area contributed by atoms with E-state index in [0.29, 0.717) is 0 Å². The number of hydrogen-bond acceptors (Lipinski definition) is 1. The summed E-state index contributed by atoms with van der Waals surface area (Å²) in [7, 11) is 0. The zero-order chi connectivity index (χ0) is 7.84. The molecule has 2 heterocycles. The van der Waals surface area contributed by atoms with Gasteiger partial charge in [0, 0.05) is 10.7 Å². The highest BCUT2D eigenvalue weighted by Gasteiger charge is 1.95. The molecule has 0 aromatic carbocycles. The van der Waals surface area contributed by atoms with Crippen molar-refractivity contribution in [1.82, 2.24) is 9.61 Å². The van der Waals surface area contributed by atoms with Gasteiger partial charge in [-0.05, 0) is 25.1 Å². The predicted molar refractivity (Wildman–Crippen MR) is 47.6 cm³/mol. The van der Waals surface area contributed by atoms with Gasteiger partial charge < -0.3 is 0 Å². The summed E-state index contributed by atoms with van der Waals surface area (Å²) in [6, 6.07) is 6.06. The number of aryl methyl sites for hydroxylation is 1. The lowest BCUT2D eigenvalue weighted by Crippen LogP contribution is -1.84. The first-order valence-corrected chi connectivity index (χ1v) is 4.16. The summed E-state index contributed by atoms with van der Waals surface area (Å²) in [5.41, 5.74) is 2.17. The minimum atomic E-state index is 1.04. The number of nitrogens with zero attached hydrogens (tertiary/aromatic N) is 2. The van der Waals surface area contributed by atoms with Crippen LogP contribution in [0, 0.1) is 6.92 Å². The molecule has 56 valence electrons. The van der Waals surface area contributed by atoms with E-state index >= 15 is 0 Å². The first kappa shape index (κ1) is 6.85. The normalized spacial score (nSPS) is 10.7. The van der Waals surface area contributed by atoms with E-state index in [1.165, 1.54) is 0 Å². The quantitative estimate of drug-likeness (QED) is 0.653. The SMILES string of the molecule is Cc1cc2cc(Br)ccn2n1. The van der Waals surface area contributed by atoms with Gasteiger partial charge in [0.25, 0.3) is 0 Å². The van der Waals surface area contributed by atoms with Crippen LogP contribution in [0.4, 0.5) is 0 Å². The van der Waals surface area contributed by atoms with Crippen molar-refractivity contribution in [3.05, 3.63) is 34.6 Å². The minimum absolute atomic E-state index is 1.04. The Labute approximate surface area is 73.0 Å². The summed E-state index contributed by atoms with van der Waals surface area (Å²) in [5, 5.41) is 4.25. The van der Waals surface area contributed by atoms with Crippen LogP contribution in [0.15, 0.2) is 28.9 Å². The van der Waals surface area contributed by atoms with Crippen LogP contribution in [-0.4, -0.2) is 9.61 Å². The Kier molecular flexibility index (Phi) is 1.46. The molecule has 2 aromatic rings. The Morgan fingerprint density at radius 1 is 1.45 bits per heavy atom. The van der Waals surface area contributed by atoms with Crippen molar-refractivity contribution >= 4 is 21.4 Å². The van der Waals surface area contributed by atoms with Crippen LogP contribution >= 0.6 is 15.9 Å². The fraction of sp³-hybridized carbons (Fsp3) is 0.125. The first-order valence-electron chi connectivity index (χ1n) is 3.37. The largest absolute Gasteiger partial charge is 0.241 e. The molecule has 0 aliphatic carbocycles. The molecular weight excluding hydrogens is 204 g/mol. The van der Waals surface area contributed by atoms with Gasteiger partial charge in [-0.25, -0.2) is 4.52 Å². The highest BCUT2D eigenvalue weighted by Crippen LogP contribution is 2.13. The molecule has 0 aliphatic heterocycles. The average Bonchev–Trinajstić information content (AvgIpc) is 2.27.